The fraction of sp³-hybridized carbons (Fsp3) is 0.212. The van der Waals surface area contributed by atoms with Crippen LogP contribution in [0.25, 0.3) is 0 Å². The van der Waals surface area contributed by atoms with E-state index in [1.807, 2.05) is 56.3 Å². The highest BCUT2D eigenvalue weighted by Gasteiger charge is 2.35. The first-order chi connectivity index (χ1) is 20.1. The molecule has 9 heteroatoms. The van der Waals surface area contributed by atoms with Crippen LogP contribution < -0.4 is 9.62 Å². The first kappa shape index (κ1) is 30.8. The summed E-state index contributed by atoms with van der Waals surface area (Å²) >= 11 is 6.50. The van der Waals surface area contributed by atoms with Gasteiger partial charge in [0.25, 0.3) is 10.0 Å². The van der Waals surface area contributed by atoms with Crippen LogP contribution in [0.5, 0.6) is 0 Å². The highest BCUT2D eigenvalue weighted by molar-refractivity contribution is 7.92. The van der Waals surface area contributed by atoms with E-state index in [1.54, 1.807) is 48.5 Å². The minimum Gasteiger partial charge on any atom is -0.357 e. The number of amides is 2. The second kappa shape index (κ2) is 13.7. The molecule has 1 unspecified atom stereocenters. The van der Waals surface area contributed by atoms with Gasteiger partial charge in [0.15, 0.2) is 0 Å². The molecule has 4 aromatic rings. The van der Waals surface area contributed by atoms with E-state index in [-0.39, 0.29) is 23.8 Å². The van der Waals surface area contributed by atoms with Crippen LogP contribution in [0.2, 0.25) is 5.02 Å². The Bertz CT molecular complexity index is 1650. The predicted octanol–water partition coefficient (Wildman–Crippen LogP) is 5.54. The van der Waals surface area contributed by atoms with E-state index >= 15 is 0 Å². The molecule has 1 atom stereocenters. The molecule has 7 nitrogen and oxygen atoms in total. The Balaban J connectivity index is 1.81. The molecule has 4 aromatic carbocycles. The molecule has 1 N–H and O–H groups in total. The average Bonchev–Trinajstić information content (AvgIpc) is 2.99. The fourth-order valence-corrected chi connectivity index (χ4v) is 6.54. The average molecular weight is 604 g/mol. The maximum atomic E-state index is 14.3. The summed E-state index contributed by atoms with van der Waals surface area (Å²) < 4.78 is 29.2. The number of rotatable bonds is 11. The molecule has 0 radical (unpaired) electrons. The third-order valence-electron chi connectivity index (χ3n) is 7.05. The van der Waals surface area contributed by atoms with Crippen molar-refractivity contribution in [2.45, 2.75) is 37.8 Å². The molecule has 0 heterocycles. The fourth-order valence-electron chi connectivity index (χ4n) is 4.85. The lowest BCUT2D eigenvalue weighted by atomic mass is 10.0. The van der Waals surface area contributed by atoms with Gasteiger partial charge in [0.05, 0.1) is 10.6 Å². The number of aryl methyl sites for hydroxylation is 2. The van der Waals surface area contributed by atoms with Crippen molar-refractivity contribution < 1.29 is 18.0 Å². The van der Waals surface area contributed by atoms with Crippen molar-refractivity contribution in [3.63, 3.8) is 0 Å². The minimum atomic E-state index is -4.15. The van der Waals surface area contributed by atoms with E-state index in [2.05, 4.69) is 5.32 Å². The zero-order chi connectivity index (χ0) is 30.3. The van der Waals surface area contributed by atoms with Crippen LogP contribution in [-0.2, 0) is 32.6 Å². The topological polar surface area (TPSA) is 86.8 Å². The number of nitrogens with zero attached hydrogens (tertiary/aromatic N) is 2. The summed E-state index contributed by atoms with van der Waals surface area (Å²) in [5, 5.41) is 3.12. The number of carbonyl (C=O) groups is 2. The highest BCUT2D eigenvalue weighted by atomic mass is 35.5. The minimum absolute atomic E-state index is 0.00946. The van der Waals surface area contributed by atoms with Crippen LogP contribution in [-0.4, -0.2) is 44.8 Å². The maximum Gasteiger partial charge on any atom is 0.264 e. The molecular weight excluding hydrogens is 570 g/mol. The molecular formula is C33H34ClN3O4S. The number of hydrogen-bond donors (Lipinski definition) is 1. The lowest BCUT2D eigenvalue weighted by Gasteiger charge is -2.34. The van der Waals surface area contributed by atoms with Crippen LogP contribution in [0.4, 0.5) is 5.69 Å². The largest absolute Gasteiger partial charge is 0.357 e. The molecule has 0 saturated carbocycles. The number of halogens is 1. The maximum absolute atomic E-state index is 14.3. The molecule has 0 fully saturated rings. The zero-order valence-corrected chi connectivity index (χ0v) is 25.4. The summed E-state index contributed by atoms with van der Waals surface area (Å²) in [6.07, 6.45) is 0.228. The van der Waals surface area contributed by atoms with Crippen LogP contribution in [0, 0.1) is 13.8 Å². The molecule has 0 aliphatic rings. The molecule has 2 amide bonds. The van der Waals surface area contributed by atoms with E-state index in [0.29, 0.717) is 21.8 Å². The first-order valence-electron chi connectivity index (χ1n) is 13.5. The first-order valence-corrected chi connectivity index (χ1v) is 15.4. The van der Waals surface area contributed by atoms with Crippen molar-refractivity contribution in [3.8, 4) is 0 Å². The van der Waals surface area contributed by atoms with Gasteiger partial charge in [-0.1, -0.05) is 96.0 Å². The van der Waals surface area contributed by atoms with E-state index in [4.69, 9.17) is 11.6 Å². The summed E-state index contributed by atoms with van der Waals surface area (Å²) in [5.41, 5.74) is 3.54. The number of likely N-dealkylation sites (N-methyl/N-ethyl adjacent to an activating group) is 1. The van der Waals surface area contributed by atoms with Crippen LogP contribution in [0.3, 0.4) is 0 Å². The van der Waals surface area contributed by atoms with Crippen molar-refractivity contribution in [2.24, 2.45) is 0 Å². The molecule has 42 heavy (non-hydrogen) atoms. The lowest BCUT2D eigenvalue weighted by Crippen LogP contribution is -2.53. The van der Waals surface area contributed by atoms with Crippen molar-refractivity contribution in [3.05, 3.63) is 130 Å². The second-order valence-electron chi connectivity index (χ2n) is 10.0. The van der Waals surface area contributed by atoms with Gasteiger partial charge in [0.2, 0.25) is 11.8 Å². The van der Waals surface area contributed by atoms with Gasteiger partial charge in [-0.2, -0.15) is 0 Å². The number of anilines is 1. The van der Waals surface area contributed by atoms with Gasteiger partial charge in [0.1, 0.15) is 12.6 Å². The quantitative estimate of drug-likeness (QED) is 0.244. The molecule has 0 aromatic heterocycles. The Morgan fingerprint density at radius 3 is 2.10 bits per heavy atom. The van der Waals surface area contributed by atoms with Crippen molar-refractivity contribution >= 4 is 39.1 Å². The standard InChI is InChI=1S/C33H34ClN3O4S/c1-24-18-19-30(25(2)20-24)37(42(40,41)28-15-8-5-9-16-28)23-32(38)36(22-27-14-10-11-17-29(27)34)31(33(39)35-3)21-26-12-6-4-7-13-26/h4-20,31H,21-23H2,1-3H3,(H,35,39). The molecule has 4 rings (SSSR count). The molecule has 218 valence electrons. The van der Waals surface area contributed by atoms with Crippen LogP contribution in [0.15, 0.2) is 108 Å². The van der Waals surface area contributed by atoms with Gasteiger partial charge in [0, 0.05) is 25.0 Å². The molecule has 0 saturated heterocycles. The van der Waals surface area contributed by atoms with Crippen molar-refractivity contribution in [1.29, 1.82) is 0 Å². The summed E-state index contributed by atoms with van der Waals surface area (Å²) in [7, 11) is -2.64. The normalized spacial score (nSPS) is 11.9. The Morgan fingerprint density at radius 2 is 1.48 bits per heavy atom. The van der Waals surface area contributed by atoms with Crippen LogP contribution in [0.1, 0.15) is 22.3 Å². The summed E-state index contributed by atoms with van der Waals surface area (Å²) in [4.78, 5) is 29.2. The lowest BCUT2D eigenvalue weighted by molar-refractivity contribution is -0.139. The second-order valence-corrected chi connectivity index (χ2v) is 12.3. The van der Waals surface area contributed by atoms with E-state index in [1.165, 1.54) is 24.1 Å². The number of benzene rings is 4. The van der Waals surface area contributed by atoms with E-state index < -0.39 is 28.5 Å². The Hall–Kier alpha value is -4.14. The van der Waals surface area contributed by atoms with Gasteiger partial charge in [-0.05, 0) is 54.8 Å². The predicted molar refractivity (Wildman–Crippen MR) is 167 cm³/mol. The number of carbonyl (C=O) groups excluding carboxylic acids is 2. The van der Waals surface area contributed by atoms with Gasteiger partial charge < -0.3 is 10.2 Å². The third kappa shape index (κ3) is 7.19. The van der Waals surface area contributed by atoms with E-state index in [0.717, 1.165) is 15.4 Å². The van der Waals surface area contributed by atoms with Gasteiger partial charge >= 0.3 is 0 Å². The van der Waals surface area contributed by atoms with E-state index in [9.17, 15) is 18.0 Å². The smallest absolute Gasteiger partial charge is 0.264 e. The number of nitrogens with one attached hydrogen (secondary N) is 1. The highest BCUT2D eigenvalue weighted by Crippen LogP contribution is 2.29. The molecule has 0 aliphatic carbocycles. The van der Waals surface area contributed by atoms with Gasteiger partial charge in [-0.25, -0.2) is 8.42 Å². The number of sulfonamides is 1. The molecule has 0 spiro atoms. The Labute approximate surface area is 252 Å². The van der Waals surface area contributed by atoms with Gasteiger partial charge in [-0.3, -0.25) is 13.9 Å². The van der Waals surface area contributed by atoms with Crippen LogP contribution >= 0.6 is 11.6 Å². The third-order valence-corrected chi connectivity index (χ3v) is 9.19. The van der Waals surface area contributed by atoms with Gasteiger partial charge in [-0.15, -0.1) is 0 Å². The summed E-state index contributed by atoms with van der Waals surface area (Å²) in [6, 6.07) is 28.9. The summed E-state index contributed by atoms with van der Waals surface area (Å²) in [6.45, 7) is 3.22. The zero-order valence-electron chi connectivity index (χ0n) is 23.8. The molecule has 0 bridgehead atoms. The monoisotopic (exact) mass is 603 g/mol. The number of hydrogen-bond acceptors (Lipinski definition) is 4. The Morgan fingerprint density at radius 1 is 0.857 bits per heavy atom. The Kier molecular flexibility index (Phi) is 10.0. The SMILES string of the molecule is CNC(=O)C(Cc1ccccc1)N(Cc1ccccc1Cl)C(=O)CN(c1ccc(C)cc1C)S(=O)(=O)c1ccccc1. The van der Waals surface area contributed by atoms with Crippen molar-refractivity contribution in [2.75, 3.05) is 17.9 Å². The summed E-state index contributed by atoms with van der Waals surface area (Å²) in [5.74, 6) is -0.915. The van der Waals surface area contributed by atoms with Crippen molar-refractivity contribution in [1.82, 2.24) is 10.2 Å². The molecule has 0 aliphatic heterocycles.